The van der Waals surface area contributed by atoms with Gasteiger partial charge in [-0.1, -0.05) is 36.0 Å². The van der Waals surface area contributed by atoms with Crippen LogP contribution in [0.1, 0.15) is 0 Å². The van der Waals surface area contributed by atoms with E-state index in [1.807, 2.05) is 42.5 Å². The van der Waals surface area contributed by atoms with Crippen molar-refractivity contribution < 1.29 is 9.76 Å². The summed E-state index contributed by atoms with van der Waals surface area (Å²) >= 11 is 1.68. The van der Waals surface area contributed by atoms with Gasteiger partial charge in [0.1, 0.15) is 11.5 Å². The van der Waals surface area contributed by atoms with Crippen molar-refractivity contribution in [2.24, 2.45) is 0 Å². The lowest BCUT2D eigenvalue weighted by Gasteiger charge is -2.21. The van der Waals surface area contributed by atoms with Gasteiger partial charge in [0, 0.05) is 0 Å². The minimum atomic E-state index is 0.00585. The summed E-state index contributed by atoms with van der Waals surface area (Å²) in [4.78, 5) is 2.18. The summed E-state index contributed by atoms with van der Waals surface area (Å²) in [6.45, 7) is 0. The Morgan fingerprint density at radius 2 is 1.81 bits per heavy atom. The first-order chi connectivity index (χ1) is 7.88. The standard InChI is InChI=1S/C12H9BO2S/c14-13-8-4-3-7-11-12(8)15-9-5-1-2-6-10(9)16-11/h1-7,13-14H. The number of fused-ring (bicyclic) bond motifs is 2. The molecule has 1 heterocycles. The number of para-hydroxylation sites is 2. The Hall–Kier alpha value is -1.39. The second-order valence-electron chi connectivity index (χ2n) is 3.55. The maximum atomic E-state index is 9.25. The van der Waals surface area contributed by atoms with E-state index in [9.17, 15) is 5.02 Å². The summed E-state index contributed by atoms with van der Waals surface area (Å²) < 4.78 is 5.82. The lowest BCUT2D eigenvalue weighted by atomic mass is 9.88. The Morgan fingerprint density at radius 1 is 1.00 bits per heavy atom. The fourth-order valence-corrected chi connectivity index (χ4v) is 2.74. The van der Waals surface area contributed by atoms with Crippen LogP contribution in [0, 0.1) is 0 Å². The first-order valence-corrected chi connectivity index (χ1v) is 5.87. The van der Waals surface area contributed by atoms with Crippen molar-refractivity contribution in [3.05, 3.63) is 42.5 Å². The number of hydrogen-bond donors (Lipinski definition) is 1. The molecule has 0 amide bonds. The number of benzene rings is 2. The molecule has 16 heavy (non-hydrogen) atoms. The molecule has 1 aliphatic rings. The summed E-state index contributed by atoms with van der Waals surface area (Å²) in [5, 5.41) is 9.25. The Labute approximate surface area is 98.5 Å². The van der Waals surface area contributed by atoms with Crippen molar-refractivity contribution in [2.75, 3.05) is 0 Å². The largest absolute Gasteiger partial charge is 0.455 e. The first kappa shape index (κ1) is 9.81. The third-order valence-corrected chi connectivity index (χ3v) is 3.61. The molecule has 0 saturated carbocycles. The second-order valence-corrected chi connectivity index (χ2v) is 4.64. The van der Waals surface area contributed by atoms with E-state index in [1.54, 1.807) is 11.8 Å². The molecule has 1 N–H and O–H groups in total. The quantitative estimate of drug-likeness (QED) is 0.645. The molecule has 2 aromatic rings. The molecular formula is C12H9BO2S. The molecule has 3 rings (SSSR count). The Kier molecular flexibility index (Phi) is 2.38. The van der Waals surface area contributed by atoms with Gasteiger partial charge in [-0.3, -0.25) is 0 Å². The molecule has 0 saturated heterocycles. The van der Waals surface area contributed by atoms with Crippen LogP contribution in [0.25, 0.3) is 0 Å². The molecule has 1 aliphatic heterocycles. The van der Waals surface area contributed by atoms with Gasteiger partial charge in [-0.25, -0.2) is 0 Å². The maximum absolute atomic E-state index is 9.25. The minimum absolute atomic E-state index is 0.00585. The zero-order valence-electron chi connectivity index (χ0n) is 8.51. The van der Waals surface area contributed by atoms with Gasteiger partial charge in [0.05, 0.1) is 9.79 Å². The van der Waals surface area contributed by atoms with E-state index >= 15 is 0 Å². The van der Waals surface area contributed by atoms with Gasteiger partial charge in [0.2, 0.25) is 0 Å². The fourth-order valence-electron chi connectivity index (χ4n) is 1.73. The molecule has 2 nitrogen and oxygen atoms in total. The van der Waals surface area contributed by atoms with E-state index in [0.29, 0.717) is 0 Å². The van der Waals surface area contributed by atoms with E-state index in [0.717, 1.165) is 26.8 Å². The summed E-state index contributed by atoms with van der Waals surface area (Å²) in [5.41, 5.74) is 0.833. The molecule has 78 valence electrons. The Bertz CT molecular complexity index is 542. The van der Waals surface area contributed by atoms with Crippen LogP contribution >= 0.6 is 11.8 Å². The molecule has 4 heteroatoms. The van der Waals surface area contributed by atoms with Crippen LogP contribution < -0.4 is 10.2 Å². The average molecular weight is 228 g/mol. The Morgan fingerprint density at radius 3 is 2.69 bits per heavy atom. The van der Waals surface area contributed by atoms with E-state index in [1.165, 1.54) is 0 Å². The first-order valence-electron chi connectivity index (χ1n) is 5.06. The van der Waals surface area contributed by atoms with Gasteiger partial charge in [0.25, 0.3) is 0 Å². The maximum Gasteiger partial charge on any atom is 0.308 e. The molecule has 0 bridgehead atoms. The molecule has 0 atom stereocenters. The van der Waals surface area contributed by atoms with E-state index < -0.39 is 0 Å². The molecule has 0 aliphatic carbocycles. The van der Waals surface area contributed by atoms with Crippen molar-refractivity contribution in [3.63, 3.8) is 0 Å². The molecule has 0 unspecified atom stereocenters. The van der Waals surface area contributed by atoms with Crippen LogP contribution in [0.3, 0.4) is 0 Å². The number of hydrogen-bond acceptors (Lipinski definition) is 3. The fraction of sp³-hybridized carbons (Fsp3) is 0. The zero-order valence-corrected chi connectivity index (χ0v) is 9.33. The van der Waals surface area contributed by atoms with Gasteiger partial charge >= 0.3 is 7.48 Å². The molecule has 0 aromatic heterocycles. The second kappa shape index (κ2) is 3.89. The third-order valence-electron chi connectivity index (χ3n) is 2.51. The van der Waals surface area contributed by atoms with Gasteiger partial charge < -0.3 is 9.76 Å². The number of ether oxygens (including phenoxy) is 1. The summed E-state index contributed by atoms with van der Waals surface area (Å²) in [7, 11) is 0.00585. The van der Waals surface area contributed by atoms with Crippen LogP contribution in [0.15, 0.2) is 52.3 Å². The van der Waals surface area contributed by atoms with E-state index in [4.69, 9.17) is 4.74 Å². The molecule has 0 radical (unpaired) electrons. The highest BCUT2D eigenvalue weighted by Crippen LogP contribution is 2.45. The van der Waals surface area contributed by atoms with Crippen LogP contribution in [0.2, 0.25) is 0 Å². The molecule has 0 fully saturated rings. The monoisotopic (exact) mass is 228 g/mol. The smallest absolute Gasteiger partial charge is 0.308 e. The lowest BCUT2D eigenvalue weighted by molar-refractivity contribution is 0.457. The van der Waals surface area contributed by atoms with Crippen LogP contribution in [0.4, 0.5) is 0 Å². The van der Waals surface area contributed by atoms with Gasteiger partial charge in [0.15, 0.2) is 0 Å². The lowest BCUT2D eigenvalue weighted by Crippen LogP contribution is -2.17. The summed E-state index contributed by atoms with van der Waals surface area (Å²) in [5.74, 6) is 1.65. The summed E-state index contributed by atoms with van der Waals surface area (Å²) in [6, 6.07) is 13.8. The highest BCUT2D eigenvalue weighted by atomic mass is 32.2. The van der Waals surface area contributed by atoms with Crippen LogP contribution in [-0.2, 0) is 0 Å². The third kappa shape index (κ3) is 1.51. The van der Waals surface area contributed by atoms with Crippen molar-refractivity contribution in [3.8, 4) is 11.5 Å². The predicted molar refractivity (Wildman–Crippen MR) is 66.1 cm³/mol. The van der Waals surface area contributed by atoms with Crippen molar-refractivity contribution in [1.29, 1.82) is 0 Å². The van der Waals surface area contributed by atoms with Crippen molar-refractivity contribution in [2.45, 2.75) is 9.79 Å². The van der Waals surface area contributed by atoms with E-state index in [-0.39, 0.29) is 7.48 Å². The topological polar surface area (TPSA) is 29.5 Å². The SMILES string of the molecule is OBc1cccc2c1Oc1ccccc1S2. The Balaban J connectivity index is 2.12. The molecule has 2 aromatic carbocycles. The number of rotatable bonds is 1. The normalized spacial score (nSPS) is 12.3. The van der Waals surface area contributed by atoms with Crippen molar-refractivity contribution >= 4 is 24.7 Å². The van der Waals surface area contributed by atoms with E-state index in [2.05, 4.69) is 0 Å². The van der Waals surface area contributed by atoms with Gasteiger partial charge in [-0.15, -0.1) is 0 Å². The van der Waals surface area contributed by atoms with Crippen molar-refractivity contribution in [1.82, 2.24) is 0 Å². The molecular weight excluding hydrogens is 219 g/mol. The average Bonchev–Trinajstić information content (AvgIpc) is 2.35. The highest BCUT2D eigenvalue weighted by molar-refractivity contribution is 7.99. The highest BCUT2D eigenvalue weighted by Gasteiger charge is 2.19. The zero-order chi connectivity index (χ0) is 11.0. The molecule has 0 spiro atoms. The minimum Gasteiger partial charge on any atom is -0.455 e. The van der Waals surface area contributed by atoms with Gasteiger partial charge in [-0.05, 0) is 23.7 Å². The van der Waals surface area contributed by atoms with Crippen LogP contribution in [0.5, 0.6) is 11.5 Å². The van der Waals surface area contributed by atoms with Gasteiger partial charge in [-0.2, -0.15) is 0 Å². The summed E-state index contributed by atoms with van der Waals surface area (Å²) in [6.07, 6.45) is 0. The van der Waals surface area contributed by atoms with Crippen LogP contribution in [-0.4, -0.2) is 12.5 Å². The predicted octanol–water partition coefficient (Wildman–Crippen LogP) is 1.91.